The Hall–Kier alpha value is -1.62. The second-order valence-electron chi connectivity index (χ2n) is 5.31. The van der Waals surface area contributed by atoms with Crippen molar-refractivity contribution in [1.82, 2.24) is 10.2 Å². The van der Waals surface area contributed by atoms with Crippen LogP contribution in [0.1, 0.15) is 35.7 Å². The van der Waals surface area contributed by atoms with Gasteiger partial charge in [0, 0.05) is 29.4 Å². The maximum absolute atomic E-state index is 13.6. The van der Waals surface area contributed by atoms with Crippen LogP contribution in [0.3, 0.4) is 0 Å². The van der Waals surface area contributed by atoms with Crippen molar-refractivity contribution in [3.05, 3.63) is 29.1 Å². The summed E-state index contributed by atoms with van der Waals surface area (Å²) in [6.45, 7) is 6.40. The second kappa shape index (κ2) is 6.22. The van der Waals surface area contributed by atoms with E-state index in [1.54, 1.807) is 6.92 Å². The number of hydrogen-bond donors (Lipinski definition) is 2. The molecule has 3 N–H and O–H groups in total. The first-order valence-electron chi connectivity index (χ1n) is 7.10. The molecule has 1 amide bonds. The number of likely N-dealkylation sites (tertiary alicyclic amines) is 1. The van der Waals surface area contributed by atoms with E-state index in [-0.39, 0.29) is 11.5 Å². The lowest BCUT2D eigenvalue weighted by molar-refractivity contribution is 0.0941. The number of likely N-dealkylation sites (N-methyl/N-ethyl adjacent to an activating group) is 1. The fourth-order valence-electron chi connectivity index (χ4n) is 2.69. The summed E-state index contributed by atoms with van der Waals surface area (Å²) in [5, 5.41) is 2.88. The third-order valence-electron chi connectivity index (χ3n) is 4.05. The zero-order chi connectivity index (χ0) is 14.7. The van der Waals surface area contributed by atoms with Crippen LogP contribution in [0, 0.1) is 12.7 Å². The third-order valence-corrected chi connectivity index (χ3v) is 4.05. The number of nitrogens with zero attached hydrogens (tertiary/aromatic N) is 1. The van der Waals surface area contributed by atoms with Crippen LogP contribution in [0.5, 0.6) is 0 Å². The van der Waals surface area contributed by atoms with E-state index < -0.39 is 5.82 Å². The molecule has 0 spiro atoms. The van der Waals surface area contributed by atoms with Crippen molar-refractivity contribution in [2.75, 3.05) is 25.4 Å². The van der Waals surface area contributed by atoms with Gasteiger partial charge in [0.1, 0.15) is 5.82 Å². The molecule has 1 aliphatic rings. The maximum atomic E-state index is 13.6. The smallest absolute Gasteiger partial charge is 0.251 e. The molecule has 4 nitrogen and oxygen atoms in total. The summed E-state index contributed by atoms with van der Waals surface area (Å²) in [4.78, 5) is 14.4. The Labute approximate surface area is 119 Å². The molecule has 0 bridgehead atoms. The van der Waals surface area contributed by atoms with Crippen molar-refractivity contribution >= 4 is 11.6 Å². The average molecular weight is 279 g/mol. The first-order valence-corrected chi connectivity index (χ1v) is 7.10. The Morgan fingerprint density at radius 1 is 1.55 bits per heavy atom. The Kier molecular flexibility index (Phi) is 4.60. The molecule has 1 heterocycles. The van der Waals surface area contributed by atoms with Crippen molar-refractivity contribution in [1.29, 1.82) is 0 Å². The van der Waals surface area contributed by atoms with Crippen LogP contribution in [0.25, 0.3) is 0 Å². The van der Waals surface area contributed by atoms with Gasteiger partial charge in [-0.2, -0.15) is 0 Å². The van der Waals surface area contributed by atoms with Crippen molar-refractivity contribution < 1.29 is 9.18 Å². The molecule has 0 radical (unpaired) electrons. The summed E-state index contributed by atoms with van der Waals surface area (Å²) in [5.74, 6) is -0.704. The molecule has 1 unspecified atom stereocenters. The Balaban J connectivity index is 1.98. The molecule has 110 valence electrons. The minimum absolute atomic E-state index is 0.265. The van der Waals surface area contributed by atoms with Gasteiger partial charge in [0.15, 0.2) is 0 Å². The number of carbonyl (C=O) groups excluding carboxylic acids is 1. The highest BCUT2D eigenvalue weighted by Gasteiger charge is 2.23. The summed E-state index contributed by atoms with van der Waals surface area (Å²) < 4.78 is 13.6. The number of nitrogens with two attached hydrogens (primary N) is 1. The molecule has 1 fully saturated rings. The van der Waals surface area contributed by atoms with E-state index in [1.807, 2.05) is 0 Å². The number of benzene rings is 1. The van der Waals surface area contributed by atoms with Crippen LogP contribution < -0.4 is 11.1 Å². The highest BCUT2D eigenvalue weighted by molar-refractivity contribution is 5.95. The van der Waals surface area contributed by atoms with Crippen LogP contribution in [-0.4, -0.2) is 36.5 Å². The molecule has 2 rings (SSSR count). The van der Waals surface area contributed by atoms with Crippen LogP contribution in [0.2, 0.25) is 0 Å². The number of rotatable bonds is 4. The van der Waals surface area contributed by atoms with Crippen molar-refractivity contribution in [3.63, 3.8) is 0 Å². The monoisotopic (exact) mass is 279 g/mol. The van der Waals surface area contributed by atoms with Gasteiger partial charge in [-0.25, -0.2) is 4.39 Å². The lowest BCUT2D eigenvalue weighted by atomic mass is 10.1. The predicted molar refractivity (Wildman–Crippen MR) is 78.2 cm³/mol. The number of nitrogens with one attached hydrogen (secondary N) is 1. The van der Waals surface area contributed by atoms with E-state index in [1.165, 1.54) is 18.6 Å². The van der Waals surface area contributed by atoms with E-state index in [4.69, 9.17) is 5.73 Å². The summed E-state index contributed by atoms with van der Waals surface area (Å²) >= 11 is 0. The largest absolute Gasteiger partial charge is 0.398 e. The van der Waals surface area contributed by atoms with E-state index >= 15 is 0 Å². The number of halogens is 1. The fourth-order valence-corrected chi connectivity index (χ4v) is 2.69. The van der Waals surface area contributed by atoms with Crippen LogP contribution in [0.15, 0.2) is 12.1 Å². The molecule has 1 atom stereocenters. The fraction of sp³-hybridized carbons (Fsp3) is 0.533. The van der Waals surface area contributed by atoms with Crippen molar-refractivity contribution in [3.8, 4) is 0 Å². The maximum Gasteiger partial charge on any atom is 0.251 e. The van der Waals surface area contributed by atoms with Gasteiger partial charge in [0.05, 0.1) is 0 Å². The van der Waals surface area contributed by atoms with Gasteiger partial charge < -0.3 is 11.1 Å². The lowest BCUT2D eigenvalue weighted by Crippen LogP contribution is -2.40. The minimum Gasteiger partial charge on any atom is -0.398 e. The zero-order valence-corrected chi connectivity index (χ0v) is 12.1. The first-order chi connectivity index (χ1) is 9.52. The van der Waals surface area contributed by atoms with E-state index in [0.717, 1.165) is 19.5 Å². The third kappa shape index (κ3) is 3.10. The van der Waals surface area contributed by atoms with Crippen LogP contribution >= 0.6 is 0 Å². The summed E-state index contributed by atoms with van der Waals surface area (Å²) in [7, 11) is 0. The predicted octanol–water partition coefficient (Wildman–Crippen LogP) is 1.93. The Morgan fingerprint density at radius 3 is 2.95 bits per heavy atom. The van der Waals surface area contributed by atoms with Gasteiger partial charge in [0.2, 0.25) is 0 Å². The molecule has 1 aliphatic heterocycles. The molecule has 1 aromatic carbocycles. The normalized spacial score (nSPS) is 19.2. The molecule has 0 aromatic heterocycles. The van der Waals surface area contributed by atoms with Gasteiger partial charge in [-0.15, -0.1) is 0 Å². The van der Waals surface area contributed by atoms with Gasteiger partial charge in [-0.1, -0.05) is 6.92 Å². The summed E-state index contributed by atoms with van der Waals surface area (Å²) in [6.07, 6.45) is 2.26. The van der Waals surface area contributed by atoms with Crippen molar-refractivity contribution in [2.24, 2.45) is 0 Å². The number of amides is 1. The van der Waals surface area contributed by atoms with E-state index in [0.29, 0.717) is 23.8 Å². The lowest BCUT2D eigenvalue weighted by Gasteiger charge is -2.22. The Morgan fingerprint density at radius 2 is 2.30 bits per heavy atom. The molecule has 1 saturated heterocycles. The number of carbonyl (C=O) groups is 1. The number of hydrogen-bond acceptors (Lipinski definition) is 3. The second-order valence-corrected chi connectivity index (χ2v) is 5.31. The van der Waals surface area contributed by atoms with E-state index in [2.05, 4.69) is 17.1 Å². The van der Waals surface area contributed by atoms with Crippen LogP contribution in [0.4, 0.5) is 10.1 Å². The SMILES string of the molecule is CCN1CCCC1CNC(=O)c1cc(N)c(C)c(F)c1. The first kappa shape index (κ1) is 14.8. The van der Waals surface area contributed by atoms with Gasteiger partial charge >= 0.3 is 0 Å². The summed E-state index contributed by atoms with van der Waals surface area (Å²) in [6, 6.07) is 3.16. The molecule has 5 heteroatoms. The number of nitrogen functional groups attached to an aromatic ring is 1. The molecule has 1 aromatic rings. The average Bonchev–Trinajstić information content (AvgIpc) is 2.89. The van der Waals surface area contributed by atoms with Gasteiger partial charge in [-0.05, 0) is 45.0 Å². The molecule has 20 heavy (non-hydrogen) atoms. The highest BCUT2D eigenvalue weighted by Crippen LogP contribution is 2.18. The van der Waals surface area contributed by atoms with Gasteiger partial charge in [0.25, 0.3) is 5.91 Å². The molecular formula is C15H22FN3O. The van der Waals surface area contributed by atoms with Gasteiger partial charge in [-0.3, -0.25) is 9.69 Å². The van der Waals surface area contributed by atoms with Crippen molar-refractivity contribution in [2.45, 2.75) is 32.7 Å². The quantitative estimate of drug-likeness (QED) is 0.828. The molecule has 0 saturated carbocycles. The Bertz CT molecular complexity index is 481. The summed E-state index contributed by atoms with van der Waals surface area (Å²) in [5.41, 5.74) is 6.67. The van der Waals surface area contributed by atoms with Crippen LogP contribution in [-0.2, 0) is 0 Å². The van der Waals surface area contributed by atoms with E-state index in [9.17, 15) is 9.18 Å². The topological polar surface area (TPSA) is 58.4 Å². The molecular weight excluding hydrogens is 257 g/mol. The minimum atomic E-state index is -0.439. The zero-order valence-electron chi connectivity index (χ0n) is 12.1. The highest BCUT2D eigenvalue weighted by atomic mass is 19.1. The molecule has 0 aliphatic carbocycles. The number of anilines is 1. The standard InChI is InChI=1S/C15H22FN3O/c1-3-19-6-4-5-12(19)9-18-15(20)11-7-13(16)10(2)14(17)8-11/h7-8,12H,3-6,9,17H2,1-2H3,(H,18,20).